The van der Waals surface area contributed by atoms with Crippen molar-refractivity contribution < 1.29 is 0 Å². The predicted molar refractivity (Wildman–Crippen MR) is 59.3 cm³/mol. The van der Waals surface area contributed by atoms with Gasteiger partial charge < -0.3 is 16.4 Å². The highest BCUT2D eigenvalue weighted by molar-refractivity contribution is 4.97. The van der Waals surface area contributed by atoms with Crippen molar-refractivity contribution in [1.82, 2.24) is 10.6 Å². The maximum Gasteiger partial charge on any atom is 0.0432 e. The van der Waals surface area contributed by atoms with Crippen LogP contribution in [0.4, 0.5) is 0 Å². The van der Waals surface area contributed by atoms with Crippen molar-refractivity contribution in [3.8, 4) is 0 Å². The summed E-state index contributed by atoms with van der Waals surface area (Å²) in [5.41, 5.74) is 6.12. The van der Waals surface area contributed by atoms with E-state index >= 15 is 0 Å². The Morgan fingerprint density at radius 2 is 2.07 bits per heavy atom. The van der Waals surface area contributed by atoms with Crippen molar-refractivity contribution in [3.63, 3.8) is 0 Å². The molecule has 1 unspecified atom stereocenters. The second kappa shape index (κ2) is 4.60. The first kappa shape index (κ1) is 10.4. The number of piperidine rings is 1. The van der Waals surface area contributed by atoms with Gasteiger partial charge in [-0.05, 0) is 32.2 Å². The van der Waals surface area contributed by atoms with Gasteiger partial charge in [-0.3, -0.25) is 0 Å². The Kier molecular flexibility index (Phi) is 3.42. The molecule has 1 saturated heterocycles. The van der Waals surface area contributed by atoms with Crippen molar-refractivity contribution >= 4 is 0 Å². The minimum Gasteiger partial charge on any atom is -0.329 e. The zero-order valence-electron chi connectivity index (χ0n) is 9.02. The number of nitrogens with one attached hydrogen (secondary N) is 2. The van der Waals surface area contributed by atoms with Crippen molar-refractivity contribution in [2.24, 2.45) is 5.73 Å². The molecular formula is C11H23N3. The summed E-state index contributed by atoms with van der Waals surface area (Å²) in [6.45, 7) is 2.99. The molecule has 1 aliphatic carbocycles. The van der Waals surface area contributed by atoms with Crippen LogP contribution in [0, 0.1) is 0 Å². The van der Waals surface area contributed by atoms with E-state index in [0.29, 0.717) is 0 Å². The van der Waals surface area contributed by atoms with E-state index in [2.05, 4.69) is 10.6 Å². The summed E-state index contributed by atoms with van der Waals surface area (Å²) >= 11 is 0. The third kappa shape index (κ3) is 2.27. The molecule has 82 valence electrons. The number of hydrogen-bond donors (Lipinski definition) is 3. The molecule has 2 rings (SSSR count). The minimum absolute atomic E-state index is 0.202. The van der Waals surface area contributed by atoms with Gasteiger partial charge >= 0.3 is 0 Å². The Morgan fingerprint density at radius 1 is 1.29 bits per heavy atom. The zero-order chi connectivity index (χ0) is 9.86. The van der Waals surface area contributed by atoms with E-state index in [1.165, 1.54) is 38.5 Å². The van der Waals surface area contributed by atoms with E-state index in [1.807, 2.05) is 0 Å². The maximum atomic E-state index is 5.91. The molecule has 0 amide bonds. The second-order valence-corrected chi connectivity index (χ2v) is 4.89. The summed E-state index contributed by atoms with van der Waals surface area (Å²) in [5, 5.41) is 7.25. The van der Waals surface area contributed by atoms with Crippen molar-refractivity contribution in [2.45, 2.75) is 50.1 Å². The van der Waals surface area contributed by atoms with E-state index in [9.17, 15) is 0 Å². The largest absolute Gasteiger partial charge is 0.329 e. The van der Waals surface area contributed by atoms with Crippen molar-refractivity contribution in [2.75, 3.05) is 19.6 Å². The molecule has 0 spiro atoms. The average Bonchev–Trinajstić information content (AvgIpc) is 2.72. The summed E-state index contributed by atoms with van der Waals surface area (Å²) < 4.78 is 0. The summed E-state index contributed by atoms with van der Waals surface area (Å²) in [4.78, 5) is 0. The van der Waals surface area contributed by atoms with Crippen LogP contribution in [0.1, 0.15) is 38.5 Å². The molecule has 3 nitrogen and oxygen atoms in total. The molecule has 4 N–H and O–H groups in total. The van der Waals surface area contributed by atoms with Gasteiger partial charge in [-0.1, -0.05) is 12.8 Å². The van der Waals surface area contributed by atoms with Crippen LogP contribution in [-0.2, 0) is 0 Å². The van der Waals surface area contributed by atoms with E-state index in [0.717, 1.165) is 25.7 Å². The van der Waals surface area contributed by atoms with Crippen LogP contribution in [0.15, 0.2) is 0 Å². The first-order chi connectivity index (χ1) is 6.85. The number of hydrogen-bond acceptors (Lipinski definition) is 3. The molecule has 0 aromatic heterocycles. The molecular weight excluding hydrogens is 174 g/mol. The van der Waals surface area contributed by atoms with Crippen molar-refractivity contribution in [1.29, 1.82) is 0 Å². The SMILES string of the molecule is NCC1(NC2CCCC2)CCCNC1. The highest BCUT2D eigenvalue weighted by Gasteiger charge is 2.33. The van der Waals surface area contributed by atoms with Crippen LogP contribution in [0.3, 0.4) is 0 Å². The van der Waals surface area contributed by atoms with Crippen LogP contribution in [-0.4, -0.2) is 31.2 Å². The third-order valence-corrected chi connectivity index (χ3v) is 3.73. The van der Waals surface area contributed by atoms with Gasteiger partial charge in [0.25, 0.3) is 0 Å². The van der Waals surface area contributed by atoms with E-state index < -0.39 is 0 Å². The Balaban J connectivity index is 1.89. The van der Waals surface area contributed by atoms with E-state index in [-0.39, 0.29) is 5.54 Å². The smallest absolute Gasteiger partial charge is 0.0432 e. The summed E-state index contributed by atoms with van der Waals surface area (Å²) in [6.07, 6.45) is 7.99. The predicted octanol–water partition coefficient (Wildman–Crippen LogP) is 0.599. The minimum atomic E-state index is 0.202. The normalized spacial score (nSPS) is 34.9. The lowest BCUT2D eigenvalue weighted by molar-refractivity contribution is 0.229. The molecule has 1 saturated carbocycles. The Hall–Kier alpha value is -0.120. The highest BCUT2D eigenvalue weighted by Crippen LogP contribution is 2.23. The summed E-state index contributed by atoms with van der Waals surface area (Å²) in [6, 6.07) is 0.735. The van der Waals surface area contributed by atoms with Crippen LogP contribution in [0.25, 0.3) is 0 Å². The fraction of sp³-hybridized carbons (Fsp3) is 1.00. The van der Waals surface area contributed by atoms with Gasteiger partial charge in [-0.15, -0.1) is 0 Å². The molecule has 1 heterocycles. The number of nitrogens with two attached hydrogens (primary N) is 1. The summed E-state index contributed by atoms with van der Waals surface area (Å²) in [7, 11) is 0. The Bertz CT molecular complexity index is 169. The third-order valence-electron chi connectivity index (χ3n) is 3.73. The summed E-state index contributed by atoms with van der Waals surface area (Å²) in [5.74, 6) is 0. The molecule has 0 radical (unpaired) electrons. The molecule has 2 fully saturated rings. The second-order valence-electron chi connectivity index (χ2n) is 4.89. The zero-order valence-corrected chi connectivity index (χ0v) is 9.02. The molecule has 0 aromatic rings. The fourth-order valence-electron chi connectivity index (χ4n) is 2.83. The monoisotopic (exact) mass is 197 g/mol. The van der Waals surface area contributed by atoms with Crippen LogP contribution in [0.2, 0.25) is 0 Å². The number of rotatable bonds is 3. The first-order valence-electron chi connectivity index (χ1n) is 6.03. The van der Waals surface area contributed by atoms with Gasteiger partial charge in [0.15, 0.2) is 0 Å². The van der Waals surface area contributed by atoms with Crippen LogP contribution in [0.5, 0.6) is 0 Å². The van der Waals surface area contributed by atoms with E-state index in [4.69, 9.17) is 5.73 Å². The van der Waals surface area contributed by atoms with Crippen LogP contribution < -0.4 is 16.4 Å². The van der Waals surface area contributed by atoms with Gasteiger partial charge in [-0.2, -0.15) is 0 Å². The topological polar surface area (TPSA) is 50.1 Å². The van der Waals surface area contributed by atoms with Gasteiger partial charge in [0.2, 0.25) is 0 Å². The lowest BCUT2D eigenvalue weighted by atomic mass is 9.89. The lowest BCUT2D eigenvalue weighted by Gasteiger charge is -2.40. The molecule has 1 atom stereocenters. The van der Waals surface area contributed by atoms with Gasteiger partial charge in [0.1, 0.15) is 0 Å². The van der Waals surface area contributed by atoms with Gasteiger partial charge in [0, 0.05) is 24.7 Å². The Labute approximate surface area is 86.8 Å². The lowest BCUT2D eigenvalue weighted by Crippen LogP contribution is -2.62. The average molecular weight is 197 g/mol. The molecule has 0 bridgehead atoms. The molecule has 0 aromatic carbocycles. The first-order valence-corrected chi connectivity index (χ1v) is 6.03. The molecule has 3 heteroatoms. The van der Waals surface area contributed by atoms with Gasteiger partial charge in [-0.25, -0.2) is 0 Å². The Morgan fingerprint density at radius 3 is 2.64 bits per heavy atom. The standard InChI is InChI=1S/C11H23N3/c12-8-11(6-3-7-13-9-11)14-10-4-1-2-5-10/h10,13-14H,1-9,12H2. The molecule has 2 aliphatic rings. The van der Waals surface area contributed by atoms with E-state index in [1.54, 1.807) is 0 Å². The maximum absolute atomic E-state index is 5.91. The quantitative estimate of drug-likeness (QED) is 0.621. The highest BCUT2D eigenvalue weighted by atomic mass is 15.1. The van der Waals surface area contributed by atoms with Crippen molar-refractivity contribution in [3.05, 3.63) is 0 Å². The van der Waals surface area contributed by atoms with Gasteiger partial charge in [0.05, 0.1) is 0 Å². The fourth-order valence-corrected chi connectivity index (χ4v) is 2.83. The van der Waals surface area contributed by atoms with Crippen LogP contribution >= 0.6 is 0 Å². The molecule has 14 heavy (non-hydrogen) atoms. The molecule has 1 aliphatic heterocycles.